The summed E-state index contributed by atoms with van der Waals surface area (Å²) in [7, 11) is 0. The molecule has 0 bridgehead atoms. The zero-order chi connectivity index (χ0) is 15.5. The fourth-order valence-corrected chi connectivity index (χ4v) is 2.82. The van der Waals surface area contributed by atoms with Crippen molar-refractivity contribution in [3.05, 3.63) is 28.2 Å². The number of hydrogen-bond donors (Lipinski definition) is 2. The fourth-order valence-electron chi connectivity index (χ4n) is 2.39. The minimum atomic E-state index is -0.115. The number of hydrogen-bond acceptors (Lipinski definition) is 4. The molecule has 5 nitrogen and oxygen atoms in total. The SMILES string of the molecule is CC(C)(CNC(=O)c1cc(N)ccc1Br)N1CCOCC1. The molecule has 0 aromatic heterocycles. The zero-order valence-electron chi connectivity index (χ0n) is 12.5. The van der Waals surface area contributed by atoms with E-state index in [1.54, 1.807) is 18.2 Å². The van der Waals surface area contributed by atoms with Crippen LogP contribution in [0.4, 0.5) is 5.69 Å². The molecule has 0 atom stereocenters. The molecule has 1 fully saturated rings. The number of carbonyl (C=O) groups is 1. The molecule has 1 aliphatic heterocycles. The van der Waals surface area contributed by atoms with Crippen LogP contribution in [0.1, 0.15) is 24.2 Å². The molecular formula is C15H22BrN3O2. The lowest BCUT2D eigenvalue weighted by Crippen LogP contribution is -2.55. The monoisotopic (exact) mass is 355 g/mol. The Bertz CT molecular complexity index is 514. The van der Waals surface area contributed by atoms with Crippen molar-refractivity contribution >= 4 is 27.5 Å². The van der Waals surface area contributed by atoms with Gasteiger partial charge in [-0.25, -0.2) is 0 Å². The van der Waals surface area contributed by atoms with Gasteiger partial charge in [0, 0.05) is 35.3 Å². The number of nitrogens with two attached hydrogens (primary N) is 1. The maximum absolute atomic E-state index is 12.3. The quantitative estimate of drug-likeness (QED) is 0.809. The second-order valence-corrected chi connectivity index (χ2v) is 6.69. The summed E-state index contributed by atoms with van der Waals surface area (Å²) in [6.07, 6.45) is 0. The molecule has 21 heavy (non-hydrogen) atoms. The number of ether oxygens (including phenoxy) is 1. The number of nitrogens with zero attached hydrogens (tertiary/aromatic N) is 1. The normalized spacial score (nSPS) is 16.7. The number of amides is 1. The molecule has 1 aromatic rings. The Morgan fingerprint density at radius 3 is 2.76 bits per heavy atom. The highest BCUT2D eigenvalue weighted by atomic mass is 79.9. The molecule has 6 heteroatoms. The molecule has 1 amide bonds. The van der Waals surface area contributed by atoms with Crippen LogP contribution in [0.15, 0.2) is 22.7 Å². The van der Waals surface area contributed by atoms with Gasteiger partial charge in [-0.15, -0.1) is 0 Å². The predicted molar refractivity (Wildman–Crippen MR) is 87.4 cm³/mol. The van der Waals surface area contributed by atoms with Crippen molar-refractivity contribution < 1.29 is 9.53 Å². The Hall–Kier alpha value is -1.11. The minimum Gasteiger partial charge on any atom is -0.399 e. The number of anilines is 1. The van der Waals surface area contributed by atoms with E-state index in [4.69, 9.17) is 10.5 Å². The summed E-state index contributed by atoms with van der Waals surface area (Å²) in [5.74, 6) is -0.115. The van der Waals surface area contributed by atoms with Gasteiger partial charge >= 0.3 is 0 Å². The van der Waals surface area contributed by atoms with Crippen molar-refractivity contribution in [2.45, 2.75) is 19.4 Å². The van der Waals surface area contributed by atoms with Crippen molar-refractivity contribution in [3.63, 3.8) is 0 Å². The first kappa shape index (κ1) is 16.3. The van der Waals surface area contributed by atoms with Crippen LogP contribution in [-0.2, 0) is 4.74 Å². The molecule has 2 rings (SSSR count). The number of benzene rings is 1. The Morgan fingerprint density at radius 1 is 1.43 bits per heavy atom. The van der Waals surface area contributed by atoms with Crippen LogP contribution in [-0.4, -0.2) is 49.2 Å². The summed E-state index contributed by atoms with van der Waals surface area (Å²) in [6.45, 7) is 8.12. The van der Waals surface area contributed by atoms with Crippen LogP contribution in [0.2, 0.25) is 0 Å². The highest BCUT2D eigenvalue weighted by Crippen LogP contribution is 2.20. The number of rotatable bonds is 4. The van der Waals surface area contributed by atoms with Crippen molar-refractivity contribution in [1.29, 1.82) is 0 Å². The molecule has 0 unspecified atom stereocenters. The maximum atomic E-state index is 12.3. The topological polar surface area (TPSA) is 67.6 Å². The van der Waals surface area contributed by atoms with Gasteiger partial charge < -0.3 is 15.8 Å². The number of nitrogen functional groups attached to an aromatic ring is 1. The van der Waals surface area contributed by atoms with E-state index in [1.807, 2.05) is 0 Å². The van der Waals surface area contributed by atoms with Gasteiger partial charge in [-0.3, -0.25) is 9.69 Å². The van der Waals surface area contributed by atoms with Gasteiger partial charge in [0.05, 0.1) is 18.8 Å². The zero-order valence-corrected chi connectivity index (χ0v) is 14.1. The average Bonchev–Trinajstić information content (AvgIpc) is 2.48. The summed E-state index contributed by atoms with van der Waals surface area (Å²) in [5.41, 5.74) is 6.78. The summed E-state index contributed by atoms with van der Waals surface area (Å²) in [6, 6.07) is 5.23. The Morgan fingerprint density at radius 2 is 2.10 bits per heavy atom. The lowest BCUT2D eigenvalue weighted by atomic mass is 10.0. The lowest BCUT2D eigenvalue weighted by molar-refractivity contribution is -0.00923. The molecule has 3 N–H and O–H groups in total. The summed E-state index contributed by atoms with van der Waals surface area (Å²) in [4.78, 5) is 14.6. The van der Waals surface area contributed by atoms with E-state index in [2.05, 4.69) is 40.0 Å². The van der Waals surface area contributed by atoms with E-state index in [-0.39, 0.29) is 11.4 Å². The highest BCUT2D eigenvalue weighted by Gasteiger charge is 2.28. The Balaban J connectivity index is 1.98. The number of nitrogens with one attached hydrogen (secondary N) is 1. The van der Waals surface area contributed by atoms with E-state index >= 15 is 0 Å². The van der Waals surface area contributed by atoms with Crippen LogP contribution >= 0.6 is 15.9 Å². The highest BCUT2D eigenvalue weighted by molar-refractivity contribution is 9.10. The third kappa shape index (κ3) is 4.18. The molecule has 0 aliphatic carbocycles. The van der Waals surface area contributed by atoms with Crippen LogP contribution < -0.4 is 11.1 Å². The van der Waals surface area contributed by atoms with Gasteiger partial charge in [0.2, 0.25) is 0 Å². The van der Waals surface area contributed by atoms with E-state index in [9.17, 15) is 4.79 Å². The molecule has 1 heterocycles. The van der Waals surface area contributed by atoms with Crippen LogP contribution in [0.5, 0.6) is 0 Å². The van der Waals surface area contributed by atoms with Crippen LogP contribution in [0, 0.1) is 0 Å². The lowest BCUT2D eigenvalue weighted by Gasteiger charge is -2.40. The van der Waals surface area contributed by atoms with E-state index in [1.165, 1.54) is 0 Å². The molecule has 0 saturated carbocycles. The third-order valence-electron chi connectivity index (χ3n) is 3.78. The molecular weight excluding hydrogens is 334 g/mol. The minimum absolute atomic E-state index is 0.105. The van der Waals surface area contributed by atoms with E-state index in [0.29, 0.717) is 17.8 Å². The molecule has 0 radical (unpaired) electrons. The summed E-state index contributed by atoms with van der Waals surface area (Å²) < 4.78 is 6.12. The van der Waals surface area contributed by atoms with E-state index in [0.717, 1.165) is 30.8 Å². The van der Waals surface area contributed by atoms with Gasteiger partial charge in [-0.2, -0.15) is 0 Å². The first-order valence-corrected chi connectivity index (χ1v) is 7.85. The van der Waals surface area contributed by atoms with Gasteiger partial charge in [-0.05, 0) is 48.0 Å². The number of halogens is 1. The molecule has 1 aromatic carbocycles. The fraction of sp³-hybridized carbons (Fsp3) is 0.533. The first-order chi connectivity index (χ1) is 9.90. The largest absolute Gasteiger partial charge is 0.399 e. The Labute approximate surface area is 134 Å². The van der Waals surface area contributed by atoms with Crippen molar-refractivity contribution in [1.82, 2.24) is 10.2 Å². The molecule has 0 spiro atoms. The van der Waals surface area contributed by atoms with Crippen molar-refractivity contribution in [2.75, 3.05) is 38.6 Å². The molecule has 1 aliphatic rings. The second-order valence-electron chi connectivity index (χ2n) is 5.83. The van der Waals surface area contributed by atoms with Gasteiger partial charge in [0.15, 0.2) is 0 Å². The van der Waals surface area contributed by atoms with Crippen molar-refractivity contribution in [3.8, 4) is 0 Å². The maximum Gasteiger partial charge on any atom is 0.252 e. The Kier molecular flexibility index (Phi) is 5.24. The summed E-state index contributed by atoms with van der Waals surface area (Å²) >= 11 is 3.38. The van der Waals surface area contributed by atoms with Crippen molar-refractivity contribution in [2.24, 2.45) is 0 Å². The first-order valence-electron chi connectivity index (χ1n) is 7.06. The van der Waals surface area contributed by atoms with Crippen LogP contribution in [0.3, 0.4) is 0 Å². The van der Waals surface area contributed by atoms with Gasteiger partial charge in [0.25, 0.3) is 5.91 Å². The van der Waals surface area contributed by atoms with Gasteiger partial charge in [-0.1, -0.05) is 0 Å². The number of carbonyl (C=O) groups excluding carboxylic acids is 1. The van der Waals surface area contributed by atoms with Gasteiger partial charge in [0.1, 0.15) is 0 Å². The second kappa shape index (κ2) is 6.77. The standard InChI is InChI=1S/C15H22BrN3O2/c1-15(2,19-5-7-21-8-6-19)10-18-14(20)12-9-11(17)3-4-13(12)16/h3-4,9H,5-8,10,17H2,1-2H3,(H,18,20). The average molecular weight is 356 g/mol. The number of morpholine rings is 1. The molecule has 1 saturated heterocycles. The molecule has 116 valence electrons. The predicted octanol–water partition coefficient (Wildman–Crippen LogP) is 1.87. The van der Waals surface area contributed by atoms with E-state index < -0.39 is 0 Å². The third-order valence-corrected chi connectivity index (χ3v) is 4.48. The smallest absolute Gasteiger partial charge is 0.252 e. The van der Waals surface area contributed by atoms with Crippen LogP contribution in [0.25, 0.3) is 0 Å². The summed E-state index contributed by atoms with van der Waals surface area (Å²) in [5, 5.41) is 3.00.